The standard InChI is InChI=1S/C21H31N5O3.HI/c1-5-15-9-20(29-25-15)13-23-21(22-6-2)24-16-7-8-26(14-16)17-10-18(27-3)12-19(11-17)28-4;/h9-12,16H,5-8,13-14H2,1-4H3,(H2,22,23,24);1H. The molecular weight excluding hydrogens is 497 g/mol. The van der Waals surface area contributed by atoms with E-state index in [4.69, 9.17) is 14.0 Å². The molecule has 166 valence electrons. The lowest BCUT2D eigenvalue weighted by atomic mass is 10.2. The van der Waals surface area contributed by atoms with Crippen molar-refractivity contribution >= 4 is 35.6 Å². The zero-order valence-electron chi connectivity index (χ0n) is 18.1. The van der Waals surface area contributed by atoms with Crippen LogP contribution in [0.3, 0.4) is 0 Å². The molecule has 0 bridgehead atoms. The highest BCUT2D eigenvalue weighted by Crippen LogP contribution is 2.30. The summed E-state index contributed by atoms with van der Waals surface area (Å²) < 4.78 is 16.1. The number of aliphatic imine (C=N–C) groups is 1. The van der Waals surface area contributed by atoms with Gasteiger partial charge < -0.3 is 29.5 Å². The predicted molar refractivity (Wildman–Crippen MR) is 129 cm³/mol. The first-order chi connectivity index (χ1) is 14.1. The molecule has 2 aromatic rings. The summed E-state index contributed by atoms with van der Waals surface area (Å²) in [6.07, 6.45) is 1.88. The molecule has 1 saturated heterocycles. The molecule has 0 amide bonds. The minimum Gasteiger partial charge on any atom is -0.497 e. The summed E-state index contributed by atoms with van der Waals surface area (Å²) in [5, 5.41) is 10.9. The molecule has 0 spiro atoms. The van der Waals surface area contributed by atoms with Gasteiger partial charge in [-0.2, -0.15) is 0 Å². The number of rotatable bonds is 8. The largest absolute Gasteiger partial charge is 0.497 e. The molecule has 2 N–H and O–H groups in total. The Hall–Kier alpha value is -2.17. The normalized spacial score (nSPS) is 16.2. The molecular formula is C21H32IN5O3. The number of aromatic nitrogens is 1. The number of nitrogens with zero attached hydrogens (tertiary/aromatic N) is 3. The highest BCUT2D eigenvalue weighted by molar-refractivity contribution is 14.0. The van der Waals surface area contributed by atoms with Crippen LogP contribution in [0.25, 0.3) is 0 Å². The third kappa shape index (κ3) is 6.41. The van der Waals surface area contributed by atoms with Crippen molar-refractivity contribution in [3.8, 4) is 11.5 Å². The van der Waals surface area contributed by atoms with Crippen LogP contribution in [0.5, 0.6) is 11.5 Å². The van der Waals surface area contributed by atoms with Crippen molar-refractivity contribution in [1.82, 2.24) is 15.8 Å². The van der Waals surface area contributed by atoms with Crippen LogP contribution in [-0.4, -0.2) is 51.0 Å². The van der Waals surface area contributed by atoms with Gasteiger partial charge in [-0.3, -0.25) is 0 Å². The van der Waals surface area contributed by atoms with Crippen molar-refractivity contribution in [3.05, 3.63) is 35.7 Å². The molecule has 1 fully saturated rings. The van der Waals surface area contributed by atoms with Gasteiger partial charge in [-0.05, 0) is 19.8 Å². The van der Waals surface area contributed by atoms with Gasteiger partial charge in [-0.15, -0.1) is 24.0 Å². The molecule has 1 aliphatic rings. The van der Waals surface area contributed by atoms with E-state index in [1.54, 1.807) is 14.2 Å². The van der Waals surface area contributed by atoms with E-state index >= 15 is 0 Å². The second-order valence-electron chi connectivity index (χ2n) is 6.98. The van der Waals surface area contributed by atoms with Gasteiger partial charge in [0.1, 0.15) is 18.0 Å². The van der Waals surface area contributed by atoms with Crippen LogP contribution >= 0.6 is 24.0 Å². The molecule has 9 heteroatoms. The monoisotopic (exact) mass is 529 g/mol. The van der Waals surface area contributed by atoms with Crippen molar-refractivity contribution in [2.45, 2.75) is 39.3 Å². The Morgan fingerprint density at radius 1 is 1.20 bits per heavy atom. The van der Waals surface area contributed by atoms with Gasteiger partial charge in [0.05, 0.1) is 19.9 Å². The van der Waals surface area contributed by atoms with Crippen LogP contribution in [-0.2, 0) is 13.0 Å². The Bertz CT molecular complexity index is 804. The van der Waals surface area contributed by atoms with Gasteiger partial charge in [0.15, 0.2) is 11.7 Å². The Balaban J connectivity index is 0.00000320. The first-order valence-corrected chi connectivity index (χ1v) is 10.1. The minimum absolute atomic E-state index is 0. The van der Waals surface area contributed by atoms with E-state index in [1.807, 2.05) is 24.3 Å². The summed E-state index contributed by atoms with van der Waals surface area (Å²) in [5.41, 5.74) is 2.05. The number of ether oxygens (including phenoxy) is 2. The van der Waals surface area contributed by atoms with E-state index < -0.39 is 0 Å². The summed E-state index contributed by atoms with van der Waals surface area (Å²) in [5.74, 6) is 3.15. The number of hydrogen-bond donors (Lipinski definition) is 2. The lowest BCUT2D eigenvalue weighted by molar-refractivity contribution is 0.379. The third-order valence-corrected chi connectivity index (χ3v) is 4.94. The maximum absolute atomic E-state index is 5.40. The summed E-state index contributed by atoms with van der Waals surface area (Å²) in [6.45, 7) is 7.21. The number of guanidine groups is 1. The van der Waals surface area contributed by atoms with E-state index in [-0.39, 0.29) is 24.0 Å². The number of aryl methyl sites for hydroxylation is 1. The van der Waals surface area contributed by atoms with Crippen LogP contribution in [0.1, 0.15) is 31.7 Å². The molecule has 1 aromatic carbocycles. The van der Waals surface area contributed by atoms with Crippen molar-refractivity contribution in [2.24, 2.45) is 4.99 Å². The number of hydrogen-bond acceptors (Lipinski definition) is 6. The Kier molecular flexibility index (Phi) is 9.54. The third-order valence-electron chi connectivity index (χ3n) is 4.94. The zero-order valence-corrected chi connectivity index (χ0v) is 20.4. The van der Waals surface area contributed by atoms with E-state index in [2.05, 4.69) is 39.5 Å². The second-order valence-corrected chi connectivity index (χ2v) is 6.98. The summed E-state index contributed by atoms with van der Waals surface area (Å²) in [4.78, 5) is 6.98. The molecule has 1 atom stereocenters. The number of halogens is 1. The van der Waals surface area contributed by atoms with Gasteiger partial charge in [0.25, 0.3) is 0 Å². The smallest absolute Gasteiger partial charge is 0.191 e. The molecule has 1 aromatic heterocycles. The van der Waals surface area contributed by atoms with Gasteiger partial charge in [-0.1, -0.05) is 12.1 Å². The van der Waals surface area contributed by atoms with Crippen molar-refractivity contribution in [1.29, 1.82) is 0 Å². The first kappa shape index (κ1) is 24.1. The lowest BCUT2D eigenvalue weighted by Gasteiger charge is -2.21. The van der Waals surface area contributed by atoms with E-state index in [0.29, 0.717) is 12.6 Å². The molecule has 1 aliphatic heterocycles. The van der Waals surface area contributed by atoms with Crippen LogP contribution in [0, 0.1) is 0 Å². The fraction of sp³-hybridized carbons (Fsp3) is 0.524. The maximum atomic E-state index is 5.40. The fourth-order valence-corrected chi connectivity index (χ4v) is 3.35. The van der Waals surface area contributed by atoms with Crippen LogP contribution < -0.4 is 25.0 Å². The van der Waals surface area contributed by atoms with Gasteiger partial charge in [0, 0.05) is 55.6 Å². The second kappa shape index (κ2) is 11.9. The molecule has 2 heterocycles. The van der Waals surface area contributed by atoms with Crippen molar-refractivity contribution < 1.29 is 14.0 Å². The maximum Gasteiger partial charge on any atom is 0.191 e. The van der Waals surface area contributed by atoms with Crippen molar-refractivity contribution in [2.75, 3.05) is 38.8 Å². The van der Waals surface area contributed by atoms with Crippen LogP contribution in [0.4, 0.5) is 5.69 Å². The topological polar surface area (TPSA) is 84.2 Å². The summed E-state index contributed by atoms with van der Waals surface area (Å²) in [7, 11) is 3.34. The molecule has 0 saturated carbocycles. The lowest BCUT2D eigenvalue weighted by Crippen LogP contribution is -2.44. The number of benzene rings is 1. The summed E-state index contributed by atoms with van der Waals surface area (Å²) >= 11 is 0. The van der Waals surface area contributed by atoms with E-state index in [9.17, 15) is 0 Å². The Morgan fingerprint density at radius 2 is 1.93 bits per heavy atom. The molecule has 0 radical (unpaired) electrons. The molecule has 0 aliphatic carbocycles. The highest BCUT2D eigenvalue weighted by Gasteiger charge is 2.24. The average Bonchev–Trinajstić information content (AvgIpc) is 3.41. The van der Waals surface area contributed by atoms with Crippen LogP contribution in [0.15, 0.2) is 33.8 Å². The quantitative estimate of drug-likeness (QED) is 0.309. The fourth-order valence-electron chi connectivity index (χ4n) is 3.35. The number of anilines is 1. The zero-order chi connectivity index (χ0) is 20.6. The van der Waals surface area contributed by atoms with Gasteiger partial charge in [-0.25, -0.2) is 4.99 Å². The first-order valence-electron chi connectivity index (χ1n) is 10.1. The van der Waals surface area contributed by atoms with E-state index in [0.717, 1.165) is 67.1 Å². The highest BCUT2D eigenvalue weighted by atomic mass is 127. The van der Waals surface area contributed by atoms with Crippen LogP contribution in [0.2, 0.25) is 0 Å². The number of methoxy groups -OCH3 is 2. The summed E-state index contributed by atoms with van der Waals surface area (Å²) in [6, 6.07) is 8.23. The average molecular weight is 529 g/mol. The Morgan fingerprint density at radius 3 is 2.53 bits per heavy atom. The molecule has 1 unspecified atom stereocenters. The van der Waals surface area contributed by atoms with Crippen molar-refractivity contribution in [3.63, 3.8) is 0 Å². The number of nitrogens with one attached hydrogen (secondary N) is 2. The molecule has 3 rings (SSSR count). The van der Waals surface area contributed by atoms with Gasteiger partial charge >= 0.3 is 0 Å². The van der Waals surface area contributed by atoms with E-state index in [1.165, 1.54) is 0 Å². The van der Waals surface area contributed by atoms with Gasteiger partial charge in [0.2, 0.25) is 0 Å². The predicted octanol–water partition coefficient (Wildman–Crippen LogP) is 3.21. The Labute approximate surface area is 195 Å². The SMILES string of the molecule is CCNC(=NCc1cc(CC)no1)NC1CCN(c2cc(OC)cc(OC)c2)C1.I. The molecule has 30 heavy (non-hydrogen) atoms. The molecule has 8 nitrogen and oxygen atoms in total. The minimum atomic E-state index is 0.